The van der Waals surface area contributed by atoms with Crippen LogP contribution in [0.3, 0.4) is 0 Å². The van der Waals surface area contributed by atoms with E-state index in [0.717, 1.165) is 5.01 Å². The molecule has 3 N–H and O–H groups in total. The summed E-state index contributed by atoms with van der Waals surface area (Å²) in [6.45, 7) is 10.0. The first kappa shape index (κ1) is 16.8. The Morgan fingerprint density at radius 2 is 1.83 bits per heavy atom. The van der Waals surface area contributed by atoms with Crippen LogP contribution < -0.4 is 11.2 Å². The predicted molar refractivity (Wildman–Crippen MR) is 70.0 cm³/mol. The van der Waals surface area contributed by atoms with Gasteiger partial charge in [0.1, 0.15) is 5.66 Å². The van der Waals surface area contributed by atoms with Gasteiger partial charge in [0.25, 0.3) is 0 Å². The summed E-state index contributed by atoms with van der Waals surface area (Å²) in [6.07, 6.45) is 0. The molecule has 2 amide bonds. The van der Waals surface area contributed by atoms with E-state index >= 15 is 0 Å². The first-order valence-electron chi connectivity index (χ1n) is 5.85. The second-order valence-electron chi connectivity index (χ2n) is 5.55. The van der Waals surface area contributed by atoms with Gasteiger partial charge in [0.05, 0.1) is 18.7 Å². The van der Waals surface area contributed by atoms with Crippen molar-refractivity contribution < 1.29 is 9.53 Å². The van der Waals surface area contributed by atoms with E-state index in [1.54, 1.807) is 21.0 Å². The molecule has 0 unspecified atom stereocenters. The Labute approximate surface area is 109 Å². The summed E-state index contributed by atoms with van der Waals surface area (Å²) in [5.74, 6) is 5.56. The number of nitrogens with one attached hydrogen (secondary N) is 1. The smallest absolute Gasteiger partial charge is 0.333 e. The standard InChI is InChI=1S/C11H25N5O2/c1-10(2,3)14-15-11(4,5)13-9(17)16(12)7-8-18-6/h7-8,12H2,1-6H3,(H,13,17). The Hall–Kier alpha value is -1.21. The molecule has 0 saturated heterocycles. The zero-order valence-electron chi connectivity index (χ0n) is 12.1. The van der Waals surface area contributed by atoms with E-state index in [1.165, 1.54) is 0 Å². The van der Waals surface area contributed by atoms with Gasteiger partial charge in [0.15, 0.2) is 0 Å². The van der Waals surface area contributed by atoms with Crippen molar-refractivity contribution in [3.63, 3.8) is 0 Å². The molecule has 0 aromatic heterocycles. The number of hydrogen-bond acceptors (Lipinski definition) is 5. The van der Waals surface area contributed by atoms with Gasteiger partial charge in [-0.25, -0.2) is 10.6 Å². The highest BCUT2D eigenvalue weighted by atomic mass is 16.5. The number of carbonyl (C=O) groups excluding carboxylic acids is 1. The number of methoxy groups -OCH3 is 1. The number of hydrogen-bond donors (Lipinski definition) is 2. The second kappa shape index (κ2) is 6.65. The molecule has 0 aliphatic heterocycles. The number of urea groups is 1. The third-order valence-corrected chi connectivity index (χ3v) is 1.81. The largest absolute Gasteiger partial charge is 0.383 e. The van der Waals surface area contributed by atoms with Crippen molar-refractivity contribution in [3.8, 4) is 0 Å². The van der Waals surface area contributed by atoms with E-state index in [9.17, 15) is 4.79 Å². The van der Waals surface area contributed by atoms with E-state index in [1.807, 2.05) is 20.8 Å². The maximum Gasteiger partial charge on any atom is 0.333 e. The van der Waals surface area contributed by atoms with Gasteiger partial charge < -0.3 is 10.1 Å². The van der Waals surface area contributed by atoms with Crippen LogP contribution in [0.4, 0.5) is 4.79 Å². The van der Waals surface area contributed by atoms with E-state index in [4.69, 9.17) is 10.6 Å². The molecule has 18 heavy (non-hydrogen) atoms. The topological polar surface area (TPSA) is 92.3 Å². The molecule has 0 aromatic rings. The molecule has 0 fully saturated rings. The molecule has 106 valence electrons. The summed E-state index contributed by atoms with van der Waals surface area (Å²) in [5, 5.41) is 12.0. The number of azo groups is 1. The summed E-state index contributed by atoms with van der Waals surface area (Å²) in [4.78, 5) is 11.7. The molecular weight excluding hydrogens is 234 g/mol. The second-order valence-corrected chi connectivity index (χ2v) is 5.55. The third kappa shape index (κ3) is 7.97. The predicted octanol–water partition coefficient (Wildman–Crippen LogP) is 1.50. The van der Waals surface area contributed by atoms with Crippen molar-refractivity contribution in [2.24, 2.45) is 16.1 Å². The van der Waals surface area contributed by atoms with Crippen LogP contribution in [-0.4, -0.2) is 42.5 Å². The van der Waals surface area contributed by atoms with Crippen LogP contribution in [0.25, 0.3) is 0 Å². The first-order chi connectivity index (χ1) is 8.07. The normalized spacial score (nSPS) is 12.8. The molecule has 0 radical (unpaired) electrons. The lowest BCUT2D eigenvalue weighted by atomic mass is 10.1. The number of nitrogens with two attached hydrogens (primary N) is 1. The average molecular weight is 259 g/mol. The van der Waals surface area contributed by atoms with Crippen molar-refractivity contribution in [1.82, 2.24) is 10.3 Å². The Bertz CT molecular complexity index is 296. The third-order valence-electron chi connectivity index (χ3n) is 1.81. The molecule has 0 atom stereocenters. The molecule has 0 aromatic carbocycles. The molecule has 0 aliphatic carbocycles. The number of amides is 2. The summed E-state index contributed by atoms with van der Waals surface area (Å²) in [6, 6.07) is -0.412. The maximum absolute atomic E-state index is 11.7. The Balaban J connectivity index is 4.39. The first-order valence-corrected chi connectivity index (χ1v) is 5.85. The minimum atomic E-state index is -0.797. The average Bonchev–Trinajstić information content (AvgIpc) is 2.21. The zero-order valence-corrected chi connectivity index (χ0v) is 12.1. The van der Waals surface area contributed by atoms with Crippen LogP contribution in [0.5, 0.6) is 0 Å². The summed E-state index contributed by atoms with van der Waals surface area (Å²) >= 11 is 0. The highest BCUT2D eigenvalue weighted by molar-refractivity contribution is 5.74. The summed E-state index contributed by atoms with van der Waals surface area (Å²) < 4.78 is 4.84. The minimum Gasteiger partial charge on any atom is -0.383 e. The highest BCUT2D eigenvalue weighted by Crippen LogP contribution is 2.12. The van der Waals surface area contributed by atoms with Gasteiger partial charge in [-0.15, -0.1) is 0 Å². The molecule has 0 bridgehead atoms. The van der Waals surface area contributed by atoms with Gasteiger partial charge in [0.2, 0.25) is 0 Å². The number of hydrazine groups is 1. The van der Waals surface area contributed by atoms with Crippen molar-refractivity contribution >= 4 is 6.03 Å². The van der Waals surface area contributed by atoms with E-state index in [0.29, 0.717) is 13.2 Å². The number of carbonyl (C=O) groups is 1. The van der Waals surface area contributed by atoms with Gasteiger partial charge >= 0.3 is 6.03 Å². The lowest BCUT2D eigenvalue weighted by Crippen LogP contribution is -2.52. The van der Waals surface area contributed by atoms with Gasteiger partial charge in [0, 0.05) is 7.11 Å². The van der Waals surface area contributed by atoms with Gasteiger partial charge in [-0.2, -0.15) is 10.2 Å². The van der Waals surface area contributed by atoms with Crippen LogP contribution in [-0.2, 0) is 4.74 Å². The van der Waals surface area contributed by atoms with E-state index in [-0.39, 0.29) is 5.54 Å². The lowest BCUT2D eigenvalue weighted by molar-refractivity contribution is 0.145. The molecule has 0 spiro atoms. The van der Waals surface area contributed by atoms with Crippen molar-refractivity contribution in [3.05, 3.63) is 0 Å². The molecule has 0 heterocycles. The Morgan fingerprint density at radius 3 is 2.28 bits per heavy atom. The van der Waals surface area contributed by atoms with Crippen LogP contribution >= 0.6 is 0 Å². The Morgan fingerprint density at radius 1 is 1.28 bits per heavy atom. The molecule has 0 aliphatic rings. The molecule has 0 rings (SSSR count). The SMILES string of the molecule is COCCN(N)C(=O)NC(C)(C)N=NC(C)(C)C. The fourth-order valence-corrected chi connectivity index (χ4v) is 0.925. The molecular formula is C11H25N5O2. The summed E-state index contributed by atoms with van der Waals surface area (Å²) in [7, 11) is 1.55. The number of nitrogens with zero attached hydrogens (tertiary/aromatic N) is 3. The lowest BCUT2D eigenvalue weighted by Gasteiger charge is -2.25. The van der Waals surface area contributed by atoms with Crippen LogP contribution in [0.2, 0.25) is 0 Å². The molecule has 0 saturated carbocycles. The monoisotopic (exact) mass is 259 g/mol. The van der Waals surface area contributed by atoms with Gasteiger partial charge in [-0.1, -0.05) is 0 Å². The van der Waals surface area contributed by atoms with E-state index in [2.05, 4.69) is 15.5 Å². The fraction of sp³-hybridized carbons (Fsp3) is 0.909. The van der Waals surface area contributed by atoms with Gasteiger partial charge in [-0.05, 0) is 34.6 Å². The zero-order chi connectivity index (χ0) is 14.4. The Kier molecular flexibility index (Phi) is 6.20. The van der Waals surface area contributed by atoms with E-state index < -0.39 is 11.7 Å². The van der Waals surface area contributed by atoms with Crippen LogP contribution in [0, 0.1) is 0 Å². The van der Waals surface area contributed by atoms with Crippen LogP contribution in [0.1, 0.15) is 34.6 Å². The van der Waals surface area contributed by atoms with Crippen LogP contribution in [0.15, 0.2) is 10.2 Å². The fourth-order valence-electron chi connectivity index (χ4n) is 0.925. The number of ether oxygens (including phenoxy) is 1. The van der Waals surface area contributed by atoms with Gasteiger partial charge in [-0.3, -0.25) is 5.01 Å². The maximum atomic E-state index is 11.7. The number of rotatable bonds is 5. The van der Waals surface area contributed by atoms with Crippen molar-refractivity contribution in [1.29, 1.82) is 0 Å². The quantitative estimate of drug-likeness (QED) is 0.339. The van der Waals surface area contributed by atoms with Crippen molar-refractivity contribution in [2.45, 2.75) is 45.8 Å². The minimum absolute atomic E-state index is 0.277. The summed E-state index contributed by atoms with van der Waals surface area (Å²) in [5.41, 5.74) is -1.07. The molecule has 7 heteroatoms. The highest BCUT2D eigenvalue weighted by Gasteiger charge is 2.23. The van der Waals surface area contributed by atoms with Crippen molar-refractivity contribution in [2.75, 3.05) is 20.3 Å². The molecule has 7 nitrogen and oxygen atoms in total.